The number of para-hydroxylation sites is 1. The molecule has 0 amide bonds. The Morgan fingerprint density at radius 2 is 1.84 bits per heavy atom. The van der Waals surface area contributed by atoms with Gasteiger partial charge < -0.3 is 4.74 Å². The molecule has 2 rings (SSSR count). The van der Waals surface area contributed by atoms with Gasteiger partial charge in [-0.2, -0.15) is 0 Å². The summed E-state index contributed by atoms with van der Waals surface area (Å²) in [4.78, 5) is 10.9. The van der Waals surface area contributed by atoms with E-state index in [1.54, 1.807) is 36.4 Å². The summed E-state index contributed by atoms with van der Waals surface area (Å²) in [6, 6.07) is 10.1. The zero-order valence-electron chi connectivity index (χ0n) is 9.70. The molecular formula is C14H9Cl3O2. The normalized spacial score (nSPS) is 10.3. The van der Waals surface area contributed by atoms with Crippen molar-refractivity contribution in [3.63, 3.8) is 0 Å². The van der Waals surface area contributed by atoms with E-state index in [0.717, 1.165) is 5.56 Å². The fraction of sp³-hybridized carbons (Fsp3) is 0.0714. The van der Waals surface area contributed by atoms with Crippen LogP contribution < -0.4 is 4.74 Å². The van der Waals surface area contributed by atoms with Crippen molar-refractivity contribution in [3.05, 3.63) is 62.6 Å². The Labute approximate surface area is 125 Å². The average molecular weight is 316 g/mol. The molecule has 0 aromatic heterocycles. The number of ether oxygens (including phenoxy) is 1. The first-order valence-corrected chi connectivity index (χ1v) is 6.55. The van der Waals surface area contributed by atoms with E-state index >= 15 is 0 Å². The summed E-state index contributed by atoms with van der Waals surface area (Å²) >= 11 is 17.9. The summed E-state index contributed by atoms with van der Waals surface area (Å²) in [5.41, 5.74) is 1.17. The molecule has 0 spiro atoms. The van der Waals surface area contributed by atoms with Gasteiger partial charge in [0.1, 0.15) is 12.4 Å². The second-order valence-corrected chi connectivity index (χ2v) is 5.05. The summed E-state index contributed by atoms with van der Waals surface area (Å²) in [6.45, 7) is 0.209. The van der Waals surface area contributed by atoms with Gasteiger partial charge in [0.2, 0.25) is 0 Å². The monoisotopic (exact) mass is 314 g/mol. The van der Waals surface area contributed by atoms with E-state index in [-0.39, 0.29) is 6.61 Å². The lowest BCUT2D eigenvalue weighted by molar-refractivity contribution is 0.111. The summed E-state index contributed by atoms with van der Waals surface area (Å²) in [7, 11) is 0. The van der Waals surface area contributed by atoms with Crippen LogP contribution in [0.1, 0.15) is 15.9 Å². The van der Waals surface area contributed by atoms with Crippen LogP contribution >= 0.6 is 34.8 Å². The minimum atomic E-state index is 0.209. The van der Waals surface area contributed by atoms with E-state index in [1.807, 2.05) is 0 Å². The summed E-state index contributed by atoms with van der Waals surface area (Å²) in [6.07, 6.45) is 0.699. The Balaban J connectivity index is 2.21. The number of aldehydes is 1. The Kier molecular flexibility index (Phi) is 4.70. The molecule has 0 radical (unpaired) electrons. The third kappa shape index (κ3) is 3.41. The SMILES string of the molecule is O=Cc1cccc(Cl)c1OCc1ccc(Cl)cc1Cl. The Morgan fingerprint density at radius 1 is 1.05 bits per heavy atom. The predicted molar refractivity (Wildman–Crippen MR) is 77.6 cm³/mol. The van der Waals surface area contributed by atoms with E-state index < -0.39 is 0 Å². The Hall–Kier alpha value is -1.22. The molecule has 0 saturated heterocycles. The second-order valence-electron chi connectivity index (χ2n) is 3.80. The number of benzene rings is 2. The zero-order chi connectivity index (χ0) is 13.8. The lowest BCUT2D eigenvalue weighted by atomic mass is 10.2. The number of carbonyl (C=O) groups is 1. The molecule has 0 unspecified atom stereocenters. The van der Waals surface area contributed by atoms with Crippen LogP contribution in [0.25, 0.3) is 0 Å². The van der Waals surface area contributed by atoms with Crippen molar-refractivity contribution in [3.8, 4) is 5.75 Å². The molecule has 0 aliphatic carbocycles. The van der Waals surface area contributed by atoms with Crippen molar-refractivity contribution in [1.29, 1.82) is 0 Å². The number of hydrogen-bond acceptors (Lipinski definition) is 2. The molecule has 5 heteroatoms. The molecule has 2 aromatic rings. The minimum Gasteiger partial charge on any atom is -0.487 e. The van der Waals surface area contributed by atoms with Gasteiger partial charge in [0.15, 0.2) is 6.29 Å². The summed E-state index contributed by atoms with van der Waals surface area (Å²) in [5, 5.41) is 1.45. The number of rotatable bonds is 4. The second kappa shape index (κ2) is 6.29. The average Bonchev–Trinajstić information content (AvgIpc) is 2.39. The summed E-state index contributed by atoms with van der Waals surface area (Å²) in [5.74, 6) is 0.352. The van der Waals surface area contributed by atoms with E-state index in [2.05, 4.69) is 0 Å². The molecule has 98 valence electrons. The smallest absolute Gasteiger partial charge is 0.153 e. The molecular weight excluding hydrogens is 307 g/mol. The molecule has 0 heterocycles. The van der Waals surface area contributed by atoms with Gasteiger partial charge in [0.05, 0.1) is 10.6 Å². The maximum atomic E-state index is 10.9. The maximum Gasteiger partial charge on any atom is 0.153 e. The maximum absolute atomic E-state index is 10.9. The number of hydrogen-bond donors (Lipinski definition) is 0. The predicted octanol–water partition coefficient (Wildman–Crippen LogP) is 5.04. The van der Waals surface area contributed by atoms with E-state index in [1.165, 1.54) is 0 Å². The van der Waals surface area contributed by atoms with Crippen LogP contribution in [0.3, 0.4) is 0 Å². The lowest BCUT2D eigenvalue weighted by Gasteiger charge is -2.11. The highest BCUT2D eigenvalue weighted by molar-refractivity contribution is 6.35. The number of halogens is 3. The third-order valence-corrected chi connectivity index (χ3v) is 3.40. The quantitative estimate of drug-likeness (QED) is 0.739. The van der Waals surface area contributed by atoms with Gasteiger partial charge in [0.25, 0.3) is 0 Å². The van der Waals surface area contributed by atoms with Gasteiger partial charge in [-0.3, -0.25) is 4.79 Å². The fourth-order valence-electron chi connectivity index (χ4n) is 1.56. The molecule has 0 N–H and O–H groups in total. The van der Waals surface area contributed by atoms with Crippen molar-refractivity contribution in [2.24, 2.45) is 0 Å². The van der Waals surface area contributed by atoms with Crippen LogP contribution in [0.2, 0.25) is 15.1 Å². The van der Waals surface area contributed by atoms with Crippen LogP contribution in [0, 0.1) is 0 Å². The van der Waals surface area contributed by atoms with Crippen molar-refractivity contribution in [2.45, 2.75) is 6.61 Å². The van der Waals surface area contributed by atoms with Gasteiger partial charge in [-0.05, 0) is 24.3 Å². The molecule has 19 heavy (non-hydrogen) atoms. The Morgan fingerprint density at radius 3 is 2.53 bits per heavy atom. The van der Waals surface area contributed by atoms with Gasteiger partial charge in [-0.25, -0.2) is 0 Å². The minimum absolute atomic E-state index is 0.209. The molecule has 0 bridgehead atoms. The van der Waals surface area contributed by atoms with Crippen LogP contribution in [-0.2, 0) is 6.61 Å². The van der Waals surface area contributed by atoms with Crippen LogP contribution in [0.4, 0.5) is 0 Å². The largest absolute Gasteiger partial charge is 0.487 e. The highest BCUT2D eigenvalue weighted by Crippen LogP contribution is 2.29. The first kappa shape index (κ1) is 14.2. The van der Waals surface area contributed by atoms with Crippen molar-refractivity contribution < 1.29 is 9.53 Å². The highest BCUT2D eigenvalue weighted by atomic mass is 35.5. The summed E-state index contributed by atoms with van der Waals surface area (Å²) < 4.78 is 5.57. The first-order chi connectivity index (χ1) is 9.11. The van der Waals surface area contributed by atoms with Crippen molar-refractivity contribution in [1.82, 2.24) is 0 Å². The van der Waals surface area contributed by atoms with Gasteiger partial charge in [-0.1, -0.05) is 46.9 Å². The van der Waals surface area contributed by atoms with Gasteiger partial charge >= 0.3 is 0 Å². The third-order valence-electron chi connectivity index (χ3n) is 2.51. The molecule has 2 aromatic carbocycles. The van der Waals surface area contributed by atoms with Gasteiger partial charge in [-0.15, -0.1) is 0 Å². The van der Waals surface area contributed by atoms with Crippen LogP contribution in [-0.4, -0.2) is 6.29 Å². The first-order valence-electron chi connectivity index (χ1n) is 5.42. The molecule has 0 aliphatic rings. The zero-order valence-corrected chi connectivity index (χ0v) is 12.0. The molecule has 0 saturated carbocycles. The lowest BCUT2D eigenvalue weighted by Crippen LogP contribution is -1.99. The van der Waals surface area contributed by atoms with E-state index in [9.17, 15) is 4.79 Å². The van der Waals surface area contributed by atoms with Crippen LogP contribution in [0.5, 0.6) is 5.75 Å². The highest BCUT2D eigenvalue weighted by Gasteiger charge is 2.09. The standard InChI is InChI=1S/C14H9Cl3O2/c15-11-5-4-10(13(17)6-11)8-19-14-9(7-18)2-1-3-12(14)16/h1-7H,8H2. The molecule has 2 nitrogen and oxygen atoms in total. The van der Waals surface area contributed by atoms with Crippen LogP contribution in [0.15, 0.2) is 36.4 Å². The molecule has 0 fully saturated rings. The fourth-order valence-corrected chi connectivity index (χ4v) is 2.26. The van der Waals surface area contributed by atoms with Crippen molar-refractivity contribution >= 4 is 41.1 Å². The van der Waals surface area contributed by atoms with E-state index in [4.69, 9.17) is 39.5 Å². The topological polar surface area (TPSA) is 26.3 Å². The number of carbonyl (C=O) groups excluding carboxylic acids is 1. The molecule has 0 aliphatic heterocycles. The van der Waals surface area contributed by atoms with Crippen molar-refractivity contribution in [2.75, 3.05) is 0 Å². The van der Waals surface area contributed by atoms with E-state index in [0.29, 0.717) is 32.7 Å². The van der Waals surface area contributed by atoms with Gasteiger partial charge in [0, 0.05) is 15.6 Å². The molecule has 0 atom stereocenters. The Bertz CT molecular complexity index is 612.